The summed E-state index contributed by atoms with van der Waals surface area (Å²) in [6.07, 6.45) is 1.53. The minimum Gasteiger partial charge on any atom is -0.427 e. The number of esters is 2. The maximum absolute atomic E-state index is 12.1. The summed E-state index contributed by atoms with van der Waals surface area (Å²) >= 11 is 12.1. The number of carbonyl (C=O) groups is 2. The van der Waals surface area contributed by atoms with E-state index in [2.05, 4.69) is 4.99 Å². The largest absolute Gasteiger partial charge is 0.427 e. The van der Waals surface area contributed by atoms with Gasteiger partial charge in [-0.05, 0) is 35.9 Å². The molecule has 0 atom stereocenters. The number of carbonyl (C=O) groups excluding carboxylic acids is 2. The zero-order valence-corrected chi connectivity index (χ0v) is 14.5. The zero-order valence-electron chi connectivity index (χ0n) is 13.0. The molecule has 1 aliphatic rings. The Morgan fingerprint density at radius 1 is 1.20 bits per heavy atom. The third kappa shape index (κ3) is 3.90. The van der Waals surface area contributed by atoms with Crippen LogP contribution in [0.1, 0.15) is 18.1 Å². The van der Waals surface area contributed by atoms with Crippen LogP contribution in [0.4, 0.5) is 0 Å². The quantitative estimate of drug-likeness (QED) is 0.456. The summed E-state index contributed by atoms with van der Waals surface area (Å²) < 4.78 is 10.2. The van der Waals surface area contributed by atoms with Gasteiger partial charge in [-0.3, -0.25) is 4.79 Å². The number of halogens is 2. The fourth-order valence-electron chi connectivity index (χ4n) is 2.18. The minimum absolute atomic E-state index is 0.0832. The van der Waals surface area contributed by atoms with E-state index in [1.165, 1.54) is 13.0 Å². The second-order valence-corrected chi connectivity index (χ2v) is 5.89. The third-order valence-electron chi connectivity index (χ3n) is 3.23. The normalized spacial score (nSPS) is 15.1. The molecule has 5 nitrogen and oxygen atoms in total. The Morgan fingerprint density at radius 2 is 1.96 bits per heavy atom. The highest BCUT2D eigenvalue weighted by atomic mass is 35.5. The van der Waals surface area contributed by atoms with Crippen molar-refractivity contribution in [3.05, 3.63) is 69.3 Å². The first-order chi connectivity index (χ1) is 11.9. The van der Waals surface area contributed by atoms with Gasteiger partial charge in [-0.1, -0.05) is 41.4 Å². The summed E-state index contributed by atoms with van der Waals surface area (Å²) in [6.45, 7) is 1.31. The van der Waals surface area contributed by atoms with Gasteiger partial charge in [-0.25, -0.2) is 9.79 Å². The monoisotopic (exact) mass is 375 g/mol. The molecule has 7 heteroatoms. The van der Waals surface area contributed by atoms with Crippen molar-refractivity contribution in [1.82, 2.24) is 0 Å². The van der Waals surface area contributed by atoms with Gasteiger partial charge in [0, 0.05) is 6.92 Å². The van der Waals surface area contributed by atoms with E-state index < -0.39 is 11.9 Å². The van der Waals surface area contributed by atoms with E-state index in [0.717, 1.165) is 0 Å². The molecule has 0 aromatic heterocycles. The summed E-state index contributed by atoms with van der Waals surface area (Å²) in [6, 6.07) is 11.7. The number of hydrogen-bond acceptors (Lipinski definition) is 5. The van der Waals surface area contributed by atoms with Gasteiger partial charge in [-0.2, -0.15) is 0 Å². The second-order valence-electron chi connectivity index (χ2n) is 5.10. The zero-order chi connectivity index (χ0) is 18.0. The Balaban J connectivity index is 1.94. The van der Waals surface area contributed by atoms with E-state index in [-0.39, 0.29) is 16.6 Å². The average molecular weight is 376 g/mol. The number of aliphatic imine (C=N–C) groups is 1. The molecule has 3 rings (SSSR count). The first-order valence-electron chi connectivity index (χ1n) is 7.19. The third-order valence-corrected chi connectivity index (χ3v) is 4.04. The molecule has 0 saturated heterocycles. The van der Waals surface area contributed by atoms with Crippen molar-refractivity contribution in [3.63, 3.8) is 0 Å². The molecule has 0 N–H and O–H groups in total. The standard InChI is InChI=1S/C18H11Cl2NO4/c1-10(22)24-12-5-2-4-11(8-12)9-15-18(23)25-17(21-15)13-6-3-7-14(19)16(13)20/h2-9H,1H3. The maximum Gasteiger partial charge on any atom is 0.363 e. The van der Waals surface area contributed by atoms with Crippen LogP contribution in [0.3, 0.4) is 0 Å². The second kappa shape index (κ2) is 7.09. The molecule has 1 aliphatic heterocycles. The highest BCUT2D eigenvalue weighted by Crippen LogP contribution is 2.29. The van der Waals surface area contributed by atoms with E-state index >= 15 is 0 Å². The predicted octanol–water partition coefficient (Wildman–Crippen LogP) is 4.26. The molecule has 1 heterocycles. The number of cyclic esters (lactones) is 1. The molecule has 0 unspecified atom stereocenters. The van der Waals surface area contributed by atoms with Crippen molar-refractivity contribution in [3.8, 4) is 5.75 Å². The van der Waals surface area contributed by atoms with Gasteiger partial charge in [0.25, 0.3) is 0 Å². The number of hydrogen-bond donors (Lipinski definition) is 0. The van der Waals surface area contributed by atoms with Gasteiger partial charge < -0.3 is 9.47 Å². The number of benzene rings is 2. The predicted molar refractivity (Wildman–Crippen MR) is 94.8 cm³/mol. The molecule has 2 aromatic rings. The number of ether oxygens (including phenoxy) is 2. The highest BCUT2D eigenvalue weighted by Gasteiger charge is 2.26. The highest BCUT2D eigenvalue weighted by molar-refractivity contribution is 6.44. The fraction of sp³-hybridized carbons (Fsp3) is 0.0556. The van der Waals surface area contributed by atoms with Crippen LogP contribution in [-0.4, -0.2) is 17.8 Å². The van der Waals surface area contributed by atoms with Crippen molar-refractivity contribution in [2.24, 2.45) is 4.99 Å². The van der Waals surface area contributed by atoms with Crippen LogP contribution in [0.2, 0.25) is 10.0 Å². The molecular weight excluding hydrogens is 365 g/mol. The van der Waals surface area contributed by atoms with E-state index in [1.54, 1.807) is 42.5 Å². The summed E-state index contributed by atoms with van der Waals surface area (Å²) in [4.78, 5) is 27.3. The van der Waals surface area contributed by atoms with Gasteiger partial charge in [-0.15, -0.1) is 0 Å². The Bertz CT molecular complexity index is 934. The van der Waals surface area contributed by atoms with E-state index in [4.69, 9.17) is 32.7 Å². The SMILES string of the molecule is CC(=O)Oc1cccc(C=C2N=C(c3cccc(Cl)c3Cl)OC2=O)c1. The molecule has 0 amide bonds. The van der Waals surface area contributed by atoms with Crippen LogP contribution in [-0.2, 0) is 14.3 Å². The number of nitrogens with zero attached hydrogens (tertiary/aromatic N) is 1. The average Bonchev–Trinajstić information content (AvgIpc) is 2.90. The molecule has 2 aromatic carbocycles. The Labute approximate surface area is 153 Å². The molecule has 0 bridgehead atoms. The lowest BCUT2D eigenvalue weighted by molar-refractivity contribution is -0.132. The van der Waals surface area contributed by atoms with Gasteiger partial charge in [0.15, 0.2) is 5.70 Å². The Morgan fingerprint density at radius 3 is 2.72 bits per heavy atom. The van der Waals surface area contributed by atoms with Crippen molar-refractivity contribution in [2.45, 2.75) is 6.92 Å². The van der Waals surface area contributed by atoms with Crippen molar-refractivity contribution in [2.75, 3.05) is 0 Å². The first kappa shape index (κ1) is 17.2. The first-order valence-corrected chi connectivity index (χ1v) is 7.95. The summed E-state index contributed by atoms with van der Waals surface area (Å²) in [5.74, 6) is -0.583. The van der Waals surface area contributed by atoms with E-state index in [1.807, 2.05) is 0 Å². The lowest BCUT2D eigenvalue weighted by Gasteiger charge is -2.03. The van der Waals surface area contributed by atoms with Crippen LogP contribution < -0.4 is 4.74 Å². The van der Waals surface area contributed by atoms with E-state index in [9.17, 15) is 9.59 Å². The molecular formula is C18H11Cl2NO4. The van der Waals surface area contributed by atoms with Crippen LogP contribution >= 0.6 is 23.2 Å². The maximum atomic E-state index is 12.1. The summed E-state index contributed by atoms with van der Waals surface area (Å²) in [7, 11) is 0. The van der Waals surface area contributed by atoms with Gasteiger partial charge >= 0.3 is 11.9 Å². The molecule has 25 heavy (non-hydrogen) atoms. The minimum atomic E-state index is -0.607. The van der Waals surface area contributed by atoms with Gasteiger partial charge in [0.05, 0.1) is 15.6 Å². The van der Waals surface area contributed by atoms with E-state index in [0.29, 0.717) is 21.9 Å². The molecule has 0 aliphatic carbocycles. The lowest BCUT2D eigenvalue weighted by atomic mass is 10.2. The lowest BCUT2D eigenvalue weighted by Crippen LogP contribution is -2.06. The smallest absolute Gasteiger partial charge is 0.363 e. The topological polar surface area (TPSA) is 65.0 Å². The number of rotatable bonds is 3. The van der Waals surface area contributed by atoms with Gasteiger partial charge in [0.2, 0.25) is 5.90 Å². The van der Waals surface area contributed by atoms with Crippen LogP contribution in [0.5, 0.6) is 5.75 Å². The molecule has 0 fully saturated rings. The Kier molecular flexibility index (Phi) is 4.88. The molecule has 0 saturated carbocycles. The Hall–Kier alpha value is -2.63. The fourth-order valence-corrected chi connectivity index (χ4v) is 2.57. The van der Waals surface area contributed by atoms with Crippen LogP contribution in [0.15, 0.2) is 53.2 Å². The van der Waals surface area contributed by atoms with Crippen molar-refractivity contribution >= 4 is 47.1 Å². The van der Waals surface area contributed by atoms with Crippen LogP contribution in [0.25, 0.3) is 6.08 Å². The molecule has 0 radical (unpaired) electrons. The summed E-state index contributed by atoms with van der Waals surface area (Å²) in [5, 5.41) is 0.596. The van der Waals surface area contributed by atoms with Crippen molar-refractivity contribution < 1.29 is 19.1 Å². The molecule has 0 spiro atoms. The summed E-state index contributed by atoms with van der Waals surface area (Å²) in [5.41, 5.74) is 1.17. The van der Waals surface area contributed by atoms with Crippen LogP contribution in [0, 0.1) is 0 Å². The van der Waals surface area contributed by atoms with Gasteiger partial charge in [0.1, 0.15) is 5.75 Å². The van der Waals surface area contributed by atoms with Crippen molar-refractivity contribution in [1.29, 1.82) is 0 Å². The molecule has 126 valence electrons.